The fourth-order valence-corrected chi connectivity index (χ4v) is 1.52. The van der Waals surface area contributed by atoms with E-state index in [4.69, 9.17) is 10.5 Å². The summed E-state index contributed by atoms with van der Waals surface area (Å²) in [4.78, 5) is 22.8. The van der Waals surface area contributed by atoms with E-state index in [0.29, 0.717) is 38.1 Å². The Morgan fingerprint density at radius 2 is 1.95 bits per heavy atom. The molecule has 5 nitrogen and oxygen atoms in total. The summed E-state index contributed by atoms with van der Waals surface area (Å²) in [6, 6.07) is 6.99. The number of rotatable bonds is 7. The molecular weight excluding hydrogens is 244 g/mol. The lowest BCUT2D eigenvalue weighted by atomic mass is 10.1. The quantitative estimate of drug-likeness (QED) is 0.725. The molecule has 1 amide bonds. The first kappa shape index (κ1) is 15.2. The van der Waals surface area contributed by atoms with Crippen LogP contribution in [0.15, 0.2) is 24.3 Å². The fraction of sp³-hybridized carbons (Fsp3) is 0.429. The Bertz CT molecular complexity index is 415. The molecule has 0 aromatic heterocycles. The number of benzene rings is 1. The van der Waals surface area contributed by atoms with Gasteiger partial charge in [0.1, 0.15) is 0 Å². The molecule has 3 N–H and O–H groups in total. The number of hydrogen-bond acceptors (Lipinski definition) is 4. The van der Waals surface area contributed by atoms with Gasteiger partial charge in [0.2, 0.25) is 5.91 Å². The Kier molecular flexibility index (Phi) is 6.60. The van der Waals surface area contributed by atoms with Crippen molar-refractivity contribution in [2.24, 2.45) is 5.73 Å². The molecule has 0 bridgehead atoms. The third-order valence-corrected chi connectivity index (χ3v) is 2.56. The summed E-state index contributed by atoms with van der Waals surface area (Å²) in [6.45, 7) is 3.09. The average molecular weight is 264 g/mol. The SMILES string of the molecule is CCOC(=O)c1ccc(CNC(=O)CCCN)cc1. The van der Waals surface area contributed by atoms with Gasteiger partial charge in [0.15, 0.2) is 0 Å². The molecule has 5 heteroatoms. The number of nitrogens with one attached hydrogen (secondary N) is 1. The van der Waals surface area contributed by atoms with Crippen LogP contribution in [0.5, 0.6) is 0 Å². The van der Waals surface area contributed by atoms with E-state index in [9.17, 15) is 9.59 Å². The Labute approximate surface area is 113 Å². The fourth-order valence-electron chi connectivity index (χ4n) is 1.52. The molecule has 0 atom stereocenters. The predicted molar refractivity (Wildman–Crippen MR) is 72.5 cm³/mol. The zero-order chi connectivity index (χ0) is 14.1. The maximum Gasteiger partial charge on any atom is 0.338 e. The van der Waals surface area contributed by atoms with Gasteiger partial charge in [-0.05, 0) is 37.6 Å². The number of hydrogen-bond donors (Lipinski definition) is 2. The van der Waals surface area contributed by atoms with Gasteiger partial charge < -0.3 is 15.8 Å². The minimum absolute atomic E-state index is 0.0140. The van der Waals surface area contributed by atoms with E-state index in [-0.39, 0.29) is 11.9 Å². The van der Waals surface area contributed by atoms with Gasteiger partial charge in [-0.2, -0.15) is 0 Å². The lowest BCUT2D eigenvalue weighted by molar-refractivity contribution is -0.121. The molecule has 1 rings (SSSR count). The van der Waals surface area contributed by atoms with Crippen molar-refractivity contribution in [3.8, 4) is 0 Å². The van der Waals surface area contributed by atoms with E-state index in [2.05, 4.69) is 5.32 Å². The lowest BCUT2D eigenvalue weighted by Crippen LogP contribution is -2.23. The van der Waals surface area contributed by atoms with Crippen molar-refractivity contribution in [3.63, 3.8) is 0 Å². The largest absolute Gasteiger partial charge is 0.462 e. The molecule has 0 heterocycles. The van der Waals surface area contributed by atoms with Gasteiger partial charge in [0.25, 0.3) is 0 Å². The molecule has 0 aliphatic carbocycles. The number of nitrogens with two attached hydrogens (primary N) is 1. The van der Waals surface area contributed by atoms with Crippen LogP contribution in [0.25, 0.3) is 0 Å². The third-order valence-electron chi connectivity index (χ3n) is 2.56. The number of esters is 1. The maximum absolute atomic E-state index is 11.4. The zero-order valence-corrected chi connectivity index (χ0v) is 11.1. The minimum atomic E-state index is -0.332. The van der Waals surface area contributed by atoms with Crippen molar-refractivity contribution < 1.29 is 14.3 Å². The number of ether oxygens (including phenoxy) is 1. The van der Waals surface area contributed by atoms with Crippen LogP contribution in [0, 0.1) is 0 Å². The summed E-state index contributed by atoms with van der Waals surface area (Å²) in [5.41, 5.74) is 6.78. The molecule has 1 aromatic carbocycles. The minimum Gasteiger partial charge on any atom is -0.462 e. The molecule has 0 aliphatic heterocycles. The average Bonchev–Trinajstić information content (AvgIpc) is 2.43. The monoisotopic (exact) mass is 264 g/mol. The van der Waals surface area contributed by atoms with Gasteiger partial charge >= 0.3 is 5.97 Å². The summed E-state index contributed by atoms with van der Waals surface area (Å²) in [6.07, 6.45) is 1.13. The normalized spacial score (nSPS) is 10.0. The molecule has 0 aliphatic rings. The van der Waals surface area contributed by atoms with E-state index in [0.717, 1.165) is 5.56 Å². The van der Waals surface area contributed by atoms with Crippen LogP contribution in [-0.2, 0) is 16.1 Å². The van der Waals surface area contributed by atoms with Gasteiger partial charge in [-0.25, -0.2) is 4.79 Å². The van der Waals surface area contributed by atoms with E-state index in [1.165, 1.54) is 0 Å². The van der Waals surface area contributed by atoms with Crippen LogP contribution in [0.1, 0.15) is 35.7 Å². The molecule has 0 spiro atoms. The predicted octanol–water partition coefficient (Wildman–Crippen LogP) is 1.22. The van der Waals surface area contributed by atoms with Gasteiger partial charge in [-0.15, -0.1) is 0 Å². The highest BCUT2D eigenvalue weighted by molar-refractivity contribution is 5.89. The maximum atomic E-state index is 11.4. The summed E-state index contributed by atoms with van der Waals surface area (Å²) in [5, 5.41) is 2.80. The number of amides is 1. The smallest absolute Gasteiger partial charge is 0.338 e. The number of carbonyl (C=O) groups excluding carboxylic acids is 2. The second-order valence-electron chi connectivity index (χ2n) is 4.09. The summed E-state index contributed by atoms with van der Waals surface area (Å²) in [5.74, 6) is -0.346. The molecule has 19 heavy (non-hydrogen) atoms. The lowest BCUT2D eigenvalue weighted by Gasteiger charge is -2.06. The van der Waals surface area contributed by atoms with Crippen molar-refractivity contribution in [2.75, 3.05) is 13.2 Å². The Hall–Kier alpha value is -1.88. The van der Waals surface area contributed by atoms with Crippen LogP contribution < -0.4 is 11.1 Å². The van der Waals surface area contributed by atoms with E-state index >= 15 is 0 Å². The Morgan fingerprint density at radius 1 is 1.26 bits per heavy atom. The highest BCUT2D eigenvalue weighted by Gasteiger charge is 2.06. The molecular formula is C14H20N2O3. The number of carbonyl (C=O) groups is 2. The zero-order valence-electron chi connectivity index (χ0n) is 11.1. The molecule has 1 aromatic rings. The first-order chi connectivity index (χ1) is 9.17. The molecule has 0 saturated heterocycles. The van der Waals surface area contributed by atoms with Gasteiger partial charge in [-0.1, -0.05) is 12.1 Å². The van der Waals surface area contributed by atoms with Crippen molar-refractivity contribution >= 4 is 11.9 Å². The van der Waals surface area contributed by atoms with Crippen LogP contribution in [0.3, 0.4) is 0 Å². The highest BCUT2D eigenvalue weighted by Crippen LogP contribution is 2.06. The van der Waals surface area contributed by atoms with Crippen LogP contribution >= 0.6 is 0 Å². The molecule has 0 fully saturated rings. The molecule has 0 saturated carbocycles. The topological polar surface area (TPSA) is 81.4 Å². The van der Waals surface area contributed by atoms with Crippen molar-refractivity contribution in [3.05, 3.63) is 35.4 Å². The standard InChI is InChI=1S/C14H20N2O3/c1-2-19-14(18)12-7-5-11(6-8-12)10-16-13(17)4-3-9-15/h5-8H,2-4,9-10,15H2,1H3,(H,16,17). The van der Waals surface area contributed by atoms with Crippen molar-refractivity contribution in [1.29, 1.82) is 0 Å². The third kappa shape index (κ3) is 5.52. The van der Waals surface area contributed by atoms with E-state index < -0.39 is 0 Å². The molecule has 0 radical (unpaired) electrons. The van der Waals surface area contributed by atoms with Gasteiger partial charge in [0, 0.05) is 13.0 Å². The van der Waals surface area contributed by atoms with Crippen LogP contribution in [-0.4, -0.2) is 25.0 Å². The second kappa shape index (κ2) is 8.26. The molecule has 104 valence electrons. The van der Waals surface area contributed by atoms with Crippen LogP contribution in [0.4, 0.5) is 0 Å². The van der Waals surface area contributed by atoms with Crippen molar-refractivity contribution in [2.45, 2.75) is 26.3 Å². The first-order valence-corrected chi connectivity index (χ1v) is 6.40. The highest BCUT2D eigenvalue weighted by atomic mass is 16.5. The van der Waals surface area contributed by atoms with Crippen molar-refractivity contribution in [1.82, 2.24) is 5.32 Å². The summed E-state index contributed by atoms with van der Waals surface area (Å²) in [7, 11) is 0. The van der Waals surface area contributed by atoms with E-state index in [1.807, 2.05) is 0 Å². The first-order valence-electron chi connectivity index (χ1n) is 6.40. The second-order valence-corrected chi connectivity index (χ2v) is 4.09. The summed E-state index contributed by atoms with van der Waals surface area (Å²) < 4.78 is 4.89. The Balaban J connectivity index is 2.44. The van der Waals surface area contributed by atoms with Crippen LogP contribution in [0.2, 0.25) is 0 Å². The van der Waals surface area contributed by atoms with E-state index in [1.54, 1.807) is 31.2 Å². The summed E-state index contributed by atoms with van der Waals surface area (Å²) >= 11 is 0. The molecule has 0 unspecified atom stereocenters. The Morgan fingerprint density at radius 3 is 2.53 bits per heavy atom. The van der Waals surface area contributed by atoms with Gasteiger partial charge in [0.05, 0.1) is 12.2 Å². The van der Waals surface area contributed by atoms with Gasteiger partial charge in [-0.3, -0.25) is 4.79 Å².